The molecule has 5 heteroatoms. The highest BCUT2D eigenvalue weighted by Crippen LogP contribution is 2.30. The SMILES string of the molecule is CN1CCCc2cc(N3CCN(c4ncccn4)CC3)ccc21. The number of piperazine rings is 1. The molecule has 2 aliphatic rings. The third-order valence-electron chi connectivity index (χ3n) is 4.89. The van der Waals surface area contributed by atoms with Crippen LogP contribution in [0, 0.1) is 0 Å². The third kappa shape index (κ3) is 2.83. The van der Waals surface area contributed by atoms with Crippen molar-refractivity contribution in [1.82, 2.24) is 9.97 Å². The molecule has 1 aromatic heterocycles. The highest BCUT2D eigenvalue weighted by atomic mass is 15.3. The van der Waals surface area contributed by atoms with Gasteiger partial charge < -0.3 is 14.7 Å². The molecular formula is C18H23N5. The number of hydrogen-bond acceptors (Lipinski definition) is 5. The summed E-state index contributed by atoms with van der Waals surface area (Å²) in [5, 5.41) is 0. The van der Waals surface area contributed by atoms with Gasteiger partial charge >= 0.3 is 0 Å². The van der Waals surface area contributed by atoms with Gasteiger partial charge in [0, 0.05) is 63.5 Å². The van der Waals surface area contributed by atoms with Crippen LogP contribution in [-0.4, -0.2) is 49.7 Å². The monoisotopic (exact) mass is 309 g/mol. The van der Waals surface area contributed by atoms with Crippen LogP contribution in [-0.2, 0) is 6.42 Å². The third-order valence-corrected chi connectivity index (χ3v) is 4.89. The van der Waals surface area contributed by atoms with Crippen molar-refractivity contribution in [2.75, 3.05) is 54.5 Å². The normalized spacial score (nSPS) is 18.0. The molecule has 0 amide bonds. The number of nitrogens with zero attached hydrogens (tertiary/aromatic N) is 5. The van der Waals surface area contributed by atoms with Crippen molar-refractivity contribution in [2.24, 2.45) is 0 Å². The Bertz CT molecular complexity index is 664. The van der Waals surface area contributed by atoms with Crippen molar-refractivity contribution in [3.63, 3.8) is 0 Å². The summed E-state index contributed by atoms with van der Waals surface area (Å²) < 4.78 is 0. The van der Waals surface area contributed by atoms with Crippen LogP contribution in [0.25, 0.3) is 0 Å². The van der Waals surface area contributed by atoms with Gasteiger partial charge in [-0.2, -0.15) is 0 Å². The molecule has 0 bridgehead atoms. The molecule has 120 valence electrons. The molecule has 0 N–H and O–H groups in total. The molecule has 1 saturated heterocycles. The van der Waals surface area contributed by atoms with E-state index in [1.165, 1.54) is 36.3 Å². The van der Waals surface area contributed by atoms with Crippen LogP contribution in [0.15, 0.2) is 36.7 Å². The quantitative estimate of drug-likeness (QED) is 0.850. The molecule has 2 aromatic rings. The predicted octanol–water partition coefficient (Wildman–Crippen LogP) is 2.19. The van der Waals surface area contributed by atoms with Crippen molar-refractivity contribution in [3.8, 4) is 0 Å². The molecule has 0 atom stereocenters. The number of rotatable bonds is 2. The Hall–Kier alpha value is -2.30. The van der Waals surface area contributed by atoms with Gasteiger partial charge in [-0.1, -0.05) is 0 Å². The van der Waals surface area contributed by atoms with E-state index >= 15 is 0 Å². The number of fused-ring (bicyclic) bond motifs is 1. The van der Waals surface area contributed by atoms with Crippen LogP contribution in [0.2, 0.25) is 0 Å². The van der Waals surface area contributed by atoms with Gasteiger partial charge in [-0.25, -0.2) is 9.97 Å². The lowest BCUT2D eigenvalue weighted by Gasteiger charge is -2.37. The second-order valence-corrected chi connectivity index (χ2v) is 6.36. The molecule has 0 saturated carbocycles. The van der Waals surface area contributed by atoms with Crippen LogP contribution in [0.1, 0.15) is 12.0 Å². The van der Waals surface area contributed by atoms with Gasteiger partial charge in [0.15, 0.2) is 0 Å². The standard InChI is InChI=1S/C18H23N5/c1-21-9-2-4-15-14-16(5-6-17(15)21)22-10-12-23(13-11-22)18-19-7-3-8-20-18/h3,5-8,14H,2,4,9-13H2,1H3. The lowest BCUT2D eigenvalue weighted by atomic mass is 10.0. The van der Waals surface area contributed by atoms with Gasteiger partial charge in [0.05, 0.1) is 0 Å². The highest BCUT2D eigenvalue weighted by molar-refractivity contribution is 5.63. The summed E-state index contributed by atoms with van der Waals surface area (Å²) in [5.41, 5.74) is 4.24. The first-order valence-electron chi connectivity index (χ1n) is 8.42. The first-order chi connectivity index (χ1) is 11.3. The van der Waals surface area contributed by atoms with E-state index in [4.69, 9.17) is 0 Å². The fraction of sp³-hybridized carbons (Fsp3) is 0.444. The minimum Gasteiger partial charge on any atom is -0.374 e. The summed E-state index contributed by atoms with van der Waals surface area (Å²) in [6.45, 7) is 5.16. The van der Waals surface area contributed by atoms with Crippen molar-refractivity contribution in [1.29, 1.82) is 0 Å². The first-order valence-corrected chi connectivity index (χ1v) is 8.42. The van der Waals surface area contributed by atoms with Crippen LogP contribution in [0.3, 0.4) is 0 Å². The Morgan fingerprint density at radius 2 is 1.65 bits per heavy atom. The molecule has 0 spiro atoms. The lowest BCUT2D eigenvalue weighted by molar-refractivity contribution is 0.639. The molecule has 0 unspecified atom stereocenters. The molecule has 1 aromatic carbocycles. The van der Waals surface area contributed by atoms with E-state index < -0.39 is 0 Å². The Kier molecular flexibility index (Phi) is 3.77. The maximum absolute atomic E-state index is 4.36. The fourth-order valence-corrected chi connectivity index (χ4v) is 3.59. The molecule has 4 rings (SSSR count). The van der Waals surface area contributed by atoms with E-state index in [0.717, 1.165) is 32.1 Å². The highest BCUT2D eigenvalue weighted by Gasteiger charge is 2.21. The van der Waals surface area contributed by atoms with Gasteiger partial charge in [0.25, 0.3) is 0 Å². The van der Waals surface area contributed by atoms with Gasteiger partial charge in [-0.15, -0.1) is 0 Å². The number of hydrogen-bond donors (Lipinski definition) is 0. The Morgan fingerprint density at radius 1 is 0.913 bits per heavy atom. The topological polar surface area (TPSA) is 35.5 Å². The largest absolute Gasteiger partial charge is 0.374 e. The van der Waals surface area contributed by atoms with Gasteiger partial charge in [0.1, 0.15) is 0 Å². The Labute approximate surface area is 137 Å². The molecule has 23 heavy (non-hydrogen) atoms. The maximum Gasteiger partial charge on any atom is 0.225 e. The molecule has 0 aliphatic carbocycles. The smallest absolute Gasteiger partial charge is 0.225 e. The van der Waals surface area contributed by atoms with Crippen molar-refractivity contribution < 1.29 is 0 Å². The second kappa shape index (κ2) is 6.07. The predicted molar refractivity (Wildman–Crippen MR) is 94.5 cm³/mol. The van der Waals surface area contributed by atoms with E-state index in [2.05, 4.69) is 49.9 Å². The van der Waals surface area contributed by atoms with Crippen molar-refractivity contribution in [3.05, 3.63) is 42.2 Å². The number of benzene rings is 1. The summed E-state index contributed by atoms with van der Waals surface area (Å²) in [6, 6.07) is 8.81. The molecule has 3 heterocycles. The molecule has 2 aliphatic heterocycles. The zero-order valence-corrected chi connectivity index (χ0v) is 13.6. The van der Waals surface area contributed by atoms with Crippen LogP contribution in [0.4, 0.5) is 17.3 Å². The van der Waals surface area contributed by atoms with Crippen LogP contribution >= 0.6 is 0 Å². The average Bonchev–Trinajstić information content (AvgIpc) is 2.63. The Balaban J connectivity index is 1.46. The molecule has 1 fully saturated rings. The zero-order valence-electron chi connectivity index (χ0n) is 13.6. The molecule has 5 nitrogen and oxygen atoms in total. The van der Waals surface area contributed by atoms with E-state index in [1.54, 1.807) is 0 Å². The van der Waals surface area contributed by atoms with Crippen molar-refractivity contribution in [2.45, 2.75) is 12.8 Å². The summed E-state index contributed by atoms with van der Waals surface area (Å²) in [7, 11) is 2.19. The minimum atomic E-state index is 0.846. The average molecular weight is 309 g/mol. The summed E-state index contributed by atoms with van der Waals surface area (Å²) >= 11 is 0. The van der Waals surface area contributed by atoms with E-state index in [0.29, 0.717) is 0 Å². The zero-order chi connectivity index (χ0) is 15.6. The van der Waals surface area contributed by atoms with Crippen LogP contribution in [0.5, 0.6) is 0 Å². The van der Waals surface area contributed by atoms with Gasteiger partial charge in [0.2, 0.25) is 5.95 Å². The number of aryl methyl sites for hydroxylation is 1. The fourth-order valence-electron chi connectivity index (χ4n) is 3.59. The van der Waals surface area contributed by atoms with Crippen LogP contribution < -0.4 is 14.7 Å². The second-order valence-electron chi connectivity index (χ2n) is 6.36. The van der Waals surface area contributed by atoms with E-state index in [9.17, 15) is 0 Å². The summed E-state index contributed by atoms with van der Waals surface area (Å²) in [6.07, 6.45) is 6.08. The van der Waals surface area contributed by atoms with E-state index in [1.807, 2.05) is 18.5 Å². The maximum atomic E-state index is 4.36. The van der Waals surface area contributed by atoms with Gasteiger partial charge in [-0.05, 0) is 42.7 Å². The Morgan fingerprint density at radius 3 is 2.43 bits per heavy atom. The first kappa shape index (κ1) is 14.3. The number of aromatic nitrogens is 2. The lowest BCUT2D eigenvalue weighted by Crippen LogP contribution is -2.47. The summed E-state index contributed by atoms with van der Waals surface area (Å²) in [4.78, 5) is 15.8. The van der Waals surface area contributed by atoms with Gasteiger partial charge in [-0.3, -0.25) is 0 Å². The van der Waals surface area contributed by atoms with Crippen molar-refractivity contribution >= 4 is 17.3 Å². The molecule has 0 radical (unpaired) electrons. The summed E-state index contributed by atoms with van der Waals surface area (Å²) in [5.74, 6) is 0.846. The van der Waals surface area contributed by atoms with E-state index in [-0.39, 0.29) is 0 Å². The number of anilines is 3. The molecular weight excluding hydrogens is 286 g/mol. The minimum absolute atomic E-state index is 0.846.